The van der Waals surface area contributed by atoms with Gasteiger partial charge in [-0.1, -0.05) is 139 Å². The predicted molar refractivity (Wildman–Crippen MR) is 110 cm³/mol. The SMILES string of the molecule is CCCCCC(B1C2CCCC1CCC2)B1C2CCCC1CCC2. The summed E-state index contributed by atoms with van der Waals surface area (Å²) in [5, 5.41) is 0. The van der Waals surface area contributed by atoms with Crippen molar-refractivity contribution in [3.8, 4) is 0 Å². The Morgan fingerprint density at radius 3 is 1.33 bits per heavy atom. The smallest absolute Gasteiger partial charge is 0.0820 e. The highest BCUT2D eigenvalue weighted by Crippen LogP contribution is 2.58. The van der Waals surface area contributed by atoms with Crippen LogP contribution >= 0.6 is 0 Å². The standard InChI is InChI=1S/C22H40B2/c1-2-3-4-17-22(23-18-9-5-10-19(23)12-6-11-18)24-20-13-7-14-21(24)16-8-15-20/h18-22H,2-17H2,1H3. The van der Waals surface area contributed by atoms with E-state index >= 15 is 0 Å². The normalized spacial score (nSPS) is 37.4. The molecule has 4 saturated heterocycles. The first-order valence-corrected chi connectivity index (χ1v) is 11.9. The topological polar surface area (TPSA) is 0 Å². The average Bonchev–Trinajstić information content (AvgIpc) is 2.58. The minimum absolute atomic E-state index is 1.13. The molecule has 4 heterocycles. The molecule has 0 aromatic rings. The first-order valence-electron chi connectivity index (χ1n) is 11.9. The van der Waals surface area contributed by atoms with E-state index in [0.29, 0.717) is 0 Å². The van der Waals surface area contributed by atoms with Crippen molar-refractivity contribution in [1.29, 1.82) is 0 Å². The van der Waals surface area contributed by atoms with Gasteiger partial charge in [-0.3, -0.25) is 0 Å². The first-order chi connectivity index (χ1) is 11.9. The fourth-order valence-corrected chi connectivity index (χ4v) is 8.13. The molecule has 0 radical (unpaired) electrons. The van der Waals surface area contributed by atoms with Gasteiger partial charge in [-0.15, -0.1) is 0 Å². The van der Waals surface area contributed by atoms with Gasteiger partial charge < -0.3 is 0 Å². The molecule has 0 unspecified atom stereocenters. The molecule has 2 heteroatoms. The van der Waals surface area contributed by atoms with E-state index in [4.69, 9.17) is 0 Å². The van der Waals surface area contributed by atoms with E-state index in [1.165, 1.54) is 19.3 Å². The van der Waals surface area contributed by atoms with Crippen LogP contribution in [0.15, 0.2) is 0 Å². The third-order valence-electron chi connectivity index (χ3n) is 8.91. The molecule has 0 N–H and O–H groups in total. The van der Waals surface area contributed by atoms with Gasteiger partial charge in [0, 0.05) is 0 Å². The van der Waals surface area contributed by atoms with Crippen molar-refractivity contribution < 1.29 is 0 Å². The van der Waals surface area contributed by atoms with Crippen LogP contribution in [0.25, 0.3) is 0 Å². The molecule has 0 atom stereocenters. The lowest BCUT2D eigenvalue weighted by Gasteiger charge is -2.51. The molecule has 134 valence electrons. The summed E-state index contributed by atoms with van der Waals surface area (Å²) >= 11 is 0. The Balaban J connectivity index is 1.56. The van der Waals surface area contributed by atoms with Crippen LogP contribution in [0.4, 0.5) is 0 Å². The summed E-state index contributed by atoms with van der Waals surface area (Å²) in [5.74, 6) is 4.53. The van der Waals surface area contributed by atoms with E-state index in [9.17, 15) is 0 Å². The van der Waals surface area contributed by atoms with E-state index in [1.807, 2.05) is 0 Å². The van der Waals surface area contributed by atoms with Crippen LogP contribution in [0.2, 0.25) is 29.0 Å². The summed E-state index contributed by atoms with van der Waals surface area (Å²) in [7, 11) is 0. The van der Waals surface area contributed by atoms with Gasteiger partial charge in [-0.25, -0.2) is 0 Å². The lowest BCUT2D eigenvalue weighted by Crippen LogP contribution is -2.49. The van der Waals surface area contributed by atoms with Crippen molar-refractivity contribution in [3.05, 3.63) is 0 Å². The van der Waals surface area contributed by atoms with E-state index < -0.39 is 0 Å². The molecule has 0 spiro atoms. The van der Waals surface area contributed by atoms with Gasteiger partial charge >= 0.3 is 0 Å². The zero-order chi connectivity index (χ0) is 16.4. The third-order valence-corrected chi connectivity index (χ3v) is 8.91. The van der Waals surface area contributed by atoms with Gasteiger partial charge in [0.1, 0.15) is 13.4 Å². The zero-order valence-corrected chi connectivity index (χ0v) is 16.4. The molecule has 0 aromatic carbocycles. The lowest BCUT2D eigenvalue weighted by atomic mass is 9.06. The van der Waals surface area contributed by atoms with Crippen LogP contribution in [-0.2, 0) is 0 Å². The van der Waals surface area contributed by atoms with E-state index in [0.717, 1.165) is 42.4 Å². The Bertz CT molecular complexity index is 319. The molecule has 0 aromatic heterocycles. The van der Waals surface area contributed by atoms with Gasteiger partial charge in [0.25, 0.3) is 0 Å². The van der Waals surface area contributed by atoms with Gasteiger partial charge in [0.05, 0.1) is 0 Å². The molecule has 24 heavy (non-hydrogen) atoms. The number of hydrogen-bond donors (Lipinski definition) is 0. The zero-order valence-electron chi connectivity index (χ0n) is 16.4. The van der Waals surface area contributed by atoms with Gasteiger partial charge in [-0.2, -0.15) is 0 Å². The van der Waals surface area contributed by atoms with Crippen molar-refractivity contribution in [1.82, 2.24) is 0 Å². The van der Waals surface area contributed by atoms with Crippen molar-refractivity contribution in [2.24, 2.45) is 0 Å². The highest BCUT2D eigenvalue weighted by atomic mass is 14.3. The molecule has 4 aliphatic rings. The average molecular weight is 326 g/mol. The van der Waals surface area contributed by atoms with Crippen LogP contribution in [-0.4, -0.2) is 13.4 Å². The van der Waals surface area contributed by atoms with Crippen LogP contribution < -0.4 is 0 Å². The highest BCUT2D eigenvalue weighted by molar-refractivity contribution is 6.83. The molecular weight excluding hydrogens is 286 g/mol. The second-order valence-corrected chi connectivity index (χ2v) is 10.1. The fourth-order valence-electron chi connectivity index (χ4n) is 8.13. The highest BCUT2D eigenvalue weighted by Gasteiger charge is 2.51. The fraction of sp³-hybridized carbons (Fsp3) is 1.00. The monoisotopic (exact) mass is 326 g/mol. The second kappa shape index (κ2) is 8.22. The molecule has 0 aliphatic carbocycles. The van der Waals surface area contributed by atoms with Crippen LogP contribution in [0.3, 0.4) is 0 Å². The Morgan fingerprint density at radius 1 is 0.625 bits per heavy atom. The predicted octanol–water partition coefficient (Wildman–Crippen LogP) is 7.68. The molecule has 4 aliphatic heterocycles. The Morgan fingerprint density at radius 2 is 1.00 bits per heavy atom. The maximum absolute atomic E-state index is 2.39. The van der Waals surface area contributed by atoms with Gasteiger partial charge in [0.15, 0.2) is 0 Å². The Kier molecular flexibility index (Phi) is 6.00. The molecule has 4 fully saturated rings. The molecular formula is C22H40B2. The van der Waals surface area contributed by atoms with Crippen molar-refractivity contribution >= 4 is 13.4 Å². The summed E-state index contributed by atoms with van der Waals surface area (Å²) < 4.78 is 0. The number of fused-ring (bicyclic) bond motifs is 4. The van der Waals surface area contributed by atoms with E-state index in [2.05, 4.69) is 6.92 Å². The third kappa shape index (κ3) is 3.50. The van der Waals surface area contributed by atoms with E-state index in [-0.39, 0.29) is 0 Å². The van der Waals surface area contributed by atoms with Crippen LogP contribution in [0, 0.1) is 0 Å². The Labute approximate surface area is 152 Å². The molecule has 0 nitrogen and oxygen atoms in total. The summed E-state index contributed by atoms with van der Waals surface area (Å²) in [6.45, 7) is 4.69. The molecule has 0 amide bonds. The molecule has 4 bridgehead atoms. The second-order valence-electron chi connectivity index (χ2n) is 10.1. The Hall–Kier alpha value is 0.130. The lowest BCUT2D eigenvalue weighted by molar-refractivity contribution is 0.420. The van der Waals surface area contributed by atoms with Crippen molar-refractivity contribution in [3.63, 3.8) is 0 Å². The minimum atomic E-state index is 1.13. The van der Waals surface area contributed by atoms with Gasteiger partial charge in [-0.05, 0) is 0 Å². The summed E-state index contributed by atoms with van der Waals surface area (Å²) in [6.07, 6.45) is 25.0. The summed E-state index contributed by atoms with van der Waals surface area (Å²) in [5.41, 5.74) is 1.13. The molecule has 0 saturated carbocycles. The largest absolute Gasteiger partial charge is 0.142 e. The number of unbranched alkanes of at least 4 members (excludes halogenated alkanes) is 2. The number of rotatable bonds is 6. The minimum Gasteiger partial charge on any atom is -0.0820 e. The van der Waals surface area contributed by atoms with Crippen molar-refractivity contribution in [2.45, 2.75) is 139 Å². The quantitative estimate of drug-likeness (QED) is 0.347. The maximum Gasteiger partial charge on any atom is 0.142 e. The first kappa shape index (κ1) is 17.5. The summed E-state index contributed by atoms with van der Waals surface area (Å²) in [6, 6.07) is 0. The van der Waals surface area contributed by atoms with E-state index in [1.54, 1.807) is 83.5 Å². The maximum atomic E-state index is 2.39. The van der Waals surface area contributed by atoms with Crippen LogP contribution in [0.5, 0.6) is 0 Å². The number of hydrogen-bond acceptors (Lipinski definition) is 0. The van der Waals surface area contributed by atoms with Crippen LogP contribution in [0.1, 0.15) is 110 Å². The summed E-state index contributed by atoms with van der Waals surface area (Å²) in [4.78, 5) is 0. The van der Waals surface area contributed by atoms with Crippen molar-refractivity contribution in [2.75, 3.05) is 0 Å². The van der Waals surface area contributed by atoms with Gasteiger partial charge in [0.2, 0.25) is 0 Å². The molecule has 4 rings (SSSR count).